The van der Waals surface area contributed by atoms with Gasteiger partial charge in [0.1, 0.15) is 17.3 Å². The number of hydrogen-bond acceptors (Lipinski definition) is 5. The number of para-hydroxylation sites is 1. The number of aromatic nitrogens is 2. The van der Waals surface area contributed by atoms with Crippen molar-refractivity contribution in [3.8, 4) is 0 Å². The number of carbonyl (C=O) groups is 2. The van der Waals surface area contributed by atoms with Crippen LogP contribution in [0.2, 0.25) is 0 Å². The number of hydrogen-bond donors (Lipinski definition) is 2. The topological polar surface area (TPSA) is 96.4 Å². The smallest absolute Gasteiger partial charge is 0.341 e. The summed E-state index contributed by atoms with van der Waals surface area (Å²) in [5.74, 6) is -0.433. The number of aromatic amines is 1. The molecule has 4 rings (SSSR count). The Morgan fingerprint density at radius 1 is 1.16 bits per heavy atom. The Kier molecular flexibility index (Phi) is 5.13. The van der Waals surface area contributed by atoms with E-state index in [0.717, 1.165) is 22.2 Å². The second-order valence-corrected chi connectivity index (χ2v) is 8.49. The lowest BCUT2D eigenvalue weighted by Gasteiger charge is -2.21. The molecule has 0 bridgehead atoms. The maximum atomic E-state index is 13.1. The first kappa shape index (κ1) is 20.8. The summed E-state index contributed by atoms with van der Waals surface area (Å²) in [4.78, 5) is 37.9. The zero-order valence-electron chi connectivity index (χ0n) is 18.3. The van der Waals surface area contributed by atoms with Crippen LogP contribution in [-0.4, -0.2) is 33.2 Å². The fourth-order valence-electron chi connectivity index (χ4n) is 3.56. The molecule has 2 aromatic heterocycles. The molecule has 160 valence electrons. The highest BCUT2D eigenvalue weighted by Crippen LogP contribution is 2.28. The number of amides is 1. The van der Waals surface area contributed by atoms with Gasteiger partial charge in [-0.3, -0.25) is 9.78 Å². The molecule has 0 spiro atoms. The van der Waals surface area contributed by atoms with E-state index in [1.807, 2.05) is 58.0 Å². The van der Waals surface area contributed by atoms with Crippen LogP contribution in [0.3, 0.4) is 0 Å². The largest absolute Gasteiger partial charge is 0.453 e. The number of fused-ring (bicyclic) bond motifs is 1. The predicted octanol–water partition coefficient (Wildman–Crippen LogP) is 4.08. The number of nitrogens with zero attached hydrogens (tertiary/aromatic N) is 2. The van der Waals surface area contributed by atoms with E-state index in [2.05, 4.69) is 20.3 Å². The van der Waals surface area contributed by atoms with E-state index < -0.39 is 17.6 Å². The molecule has 7 heteroatoms. The van der Waals surface area contributed by atoms with Crippen molar-refractivity contribution in [1.29, 1.82) is 0 Å². The average molecular weight is 418 g/mol. The van der Waals surface area contributed by atoms with Gasteiger partial charge in [0.25, 0.3) is 5.91 Å². The number of rotatable bonds is 5. The highest BCUT2D eigenvalue weighted by molar-refractivity contribution is 6.17. The van der Waals surface area contributed by atoms with Crippen molar-refractivity contribution in [3.05, 3.63) is 65.1 Å². The highest BCUT2D eigenvalue weighted by Gasteiger charge is 2.43. The van der Waals surface area contributed by atoms with Gasteiger partial charge in [0, 0.05) is 11.7 Å². The number of ether oxygens (including phenoxy) is 1. The van der Waals surface area contributed by atoms with E-state index in [0.29, 0.717) is 11.5 Å². The van der Waals surface area contributed by atoms with E-state index in [1.54, 1.807) is 19.2 Å². The molecule has 2 N–H and O–H groups in total. The molecule has 1 aromatic carbocycles. The third-order valence-electron chi connectivity index (χ3n) is 5.90. The predicted molar refractivity (Wildman–Crippen MR) is 119 cm³/mol. The summed E-state index contributed by atoms with van der Waals surface area (Å²) in [6.07, 6.45) is 1.15. The molecule has 7 nitrogen and oxygen atoms in total. The standard InChI is InChI=1S/C24H26N4O3/c1-13(2)24(5)23(30)27-21(28-24)20-17(10-14(3)12-25-20)22(29)31-15(4)19-11-16-8-6-7-9-18(16)26-19/h6-13,15,26H,1-5H3,(H,27,28,30). The third kappa shape index (κ3) is 3.71. The van der Waals surface area contributed by atoms with Crippen LogP contribution in [-0.2, 0) is 9.53 Å². The first-order chi connectivity index (χ1) is 14.7. The minimum absolute atomic E-state index is 0.00659. The van der Waals surface area contributed by atoms with E-state index in [1.165, 1.54) is 0 Å². The minimum atomic E-state index is -0.902. The Labute approximate surface area is 180 Å². The van der Waals surface area contributed by atoms with E-state index in [-0.39, 0.29) is 17.4 Å². The monoisotopic (exact) mass is 418 g/mol. The number of aliphatic imine (C=N–C) groups is 1. The van der Waals surface area contributed by atoms with Crippen molar-refractivity contribution in [1.82, 2.24) is 15.3 Å². The van der Waals surface area contributed by atoms with Gasteiger partial charge < -0.3 is 15.0 Å². The Hall–Kier alpha value is -3.48. The first-order valence-corrected chi connectivity index (χ1v) is 10.4. The normalized spacial score (nSPS) is 19.4. The summed E-state index contributed by atoms with van der Waals surface area (Å²) in [6.45, 7) is 9.32. The van der Waals surface area contributed by atoms with Crippen LogP contribution in [0.4, 0.5) is 0 Å². The minimum Gasteiger partial charge on any atom is -0.453 e. The third-order valence-corrected chi connectivity index (χ3v) is 5.90. The molecule has 0 saturated heterocycles. The van der Waals surface area contributed by atoms with Crippen molar-refractivity contribution in [2.45, 2.75) is 46.3 Å². The second-order valence-electron chi connectivity index (χ2n) is 8.49. The lowest BCUT2D eigenvalue weighted by atomic mass is 9.89. The van der Waals surface area contributed by atoms with E-state index >= 15 is 0 Å². The van der Waals surface area contributed by atoms with Crippen LogP contribution in [0.1, 0.15) is 61.1 Å². The summed E-state index contributed by atoms with van der Waals surface area (Å²) >= 11 is 0. The molecule has 0 saturated carbocycles. The molecular formula is C24H26N4O3. The van der Waals surface area contributed by atoms with Crippen LogP contribution >= 0.6 is 0 Å². The van der Waals surface area contributed by atoms with Gasteiger partial charge in [-0.15, -0.1) is 0 Å². The molecule has 0 aliphatic carbocycles. The number of H-pyrrole nitrogens is 1. The first-order valence-electron chi connectivity index (χ1n) is 10.4. The highest BCUT2D eigenvalue weighted by atomic mass is 16.5. The average Bonchev–Trinajstić information content (AvgIpc) is 3.29. The van der Waals surface area contributed by atoms with E-state index in [9.17, 15) is 9.59 Å². The number of esters is 1. The van der Waals surface area contributed by atoms with Gasteiger partial charge in [-0.2, -0.15) is 0 Å². The van der Waals surface area contributed by atoms with Crippen molar-refractivity contribution in [3.63, 3.8) is 0 Å². The Morgan fingerprint density at radius 2 is 1.90 bits per heavy atom. The zero-order valence-corrected chi connectivity index (χ0v) is 18.3. The Balaban J connectivity index is 1.64. The van der Waals surface area contributed by atoms with Gasteiger partial charge in [0.05, 0.1) is 11.3 Å². The van der Waals surface area contributed by atoms with Crippen LogP contribution in [0.5, 0.6) is 0 Å². The number of pyridine rings is 1. The van der Waals surface area contributed by atoms with E-state index in [4.69, 9.17) is 4.74 Å². The number of amidine groups is 1. The molecule has 31 heavy (non-hydrogen) atoms. The van der Waals surface area contributed by atoms with Crippen molar-refractivity contribution in [2.24, 2.45) is 10.9 Å². The molecule has 1 aliphatic rings. The Morgan fingerprint density at radius 3 is 2.58 bits per heavy atom. The molecule has 1 amide bonds. The number of nitrogens with one attached hydrogen (secondary N) is 2. The van der Waals surface area contributed by atoms with Crippen LogP contribution in [0.25, 0.3) is 10.9 Å². The number of carbonyl (C=O) groups excluding carboxylic acids is 2. The van der Waals surface area contributed by atoms with Gasteiger partial charge in [0.15, 0.2) is 5.84 Å². The molecule has 0 radical (unpaired) electrons. The fourth-order valence-corrected chi connectivity index (χ4v) is 3.56. The van der Waals surface area contributed by atoms with Gasteiger partial charge >= 0.3 is 5.97 Å². The SMILES string of the molecule is Cc1cnc(C2=NC(C)(C(C)C)C(=O)N2)c(C(=O)OC(C)c2cc3ccccc3[nH]2)c1. The molecule has 3 aromatic rings. The van der Waals surface area contributed by atoms with Crippen LogP contribution < -0.4 is 5.32 Å². The van der Waals surface area contributed by atoms with Crippen molar-refractivity contribution in [2.75, 3.05) is 0 Å². The van der Waals surface area contributed by atoms with Gasteiger partial charge in [-0.05, 0) is 55.8 Å². The van der Waals surface area contributed by atoms with Gasteiger partial charge in [0.2, 0.25) is 0 Å². The quantitative estimate of drug-likeness (QED) is 0.610. The van der Waals surface area contributed by atoms with Gasteiger partial charge in [-0.1, -0.05) is 32.0 Å². The summed E-state index contributed by atoms with van der Waals surface area (Å²) in [5.41, 5.74) is 2.28. The molecule has 0 fully saturated rings. The summed E-state index contributed by atoms with van der Waals surface area (Å²) < 4.78 is 5.76. The number of benzene rings is 1. The second kappa shape index (κ2) is 7.65. The number of aryl methyl sites for hydroxylation is 1. The molecule has 1 aliphatic heterocycles. The molecular weight excluding hydrogens is 392 g/mol. The van der Waals surface area contributed by atoms with Gasteiger partial charge in [-0.25, -0.2) is 9.79 Å². The van der Waals surface area contributed by atoms with Crippen molar-refractivity contribution < 1.29 is 14.3 Å². The summed E-state index contributed by atoms with van der Waals surface area (Å²) in [6, 6.07) is 11.6. The zero-order chi connectivity index (χ0) is 22.3. The van der Waals surface area contributed by atoms with Crippen LogP contribution in [0.15, 0.2) is 47.6 Å². The van der Waals surface area contributed by atoms with Crippen molar-refractivity contribution >= 4 is 28.6 Å². The summed E-state index contributed by atoms with van der Waals surface area (Å²) in [5, 5.41) is 3.84. The summed E-state index contributed by atoms with van der Waals surface area (Å²) in [7, 11) is 0. The lowest BCUT2D eigenvalue weighted by Crippen LogP contribution is -2.41. The maximum absolute atomic E-state index is 13.1. The molecule has 2 unspecified atom stereocenters. The molecule has 3 heterocycles. The Bertz CT molecular complexity index is 1180. The maximum Gasteiger partial charge on any atom is 0.341 e. The fraction of sp³-hybridized carbons (Fsp3) is 0.333. The van der Waals surface area contributed by atoms with Crippen LogP contribution in [0, 0.1) is 12.8 Å². The lowest BCUT2D eigenvalue weighted by molar-refractivity contribution is -0.124. The molecule has 2 atom stereocenters.